The minimum absolute atomic E-state index is 0.00895. The third-order valence-corrected chi connectivity index (χ3v) is 6.92. The number of hydrogen-bond donors (Lipinski definition) is 2. The van der Waals surface area contributed by atoms with Crippen LogP contribution in [-0.4, -0.2) is 61.9 Å². The van der Waals surface area contributed by atoms with E-state index in [2.05, 4.69) is 10.6 Å². The number of ether oxygens (including phenoxy) is 2. The highest BCUT2D eigenvalue weighted by molar-refractivity contribution is 6.30. The van der Waals surface area contributed by atoms with E-state index in [1.807, 2.05) is 24.3 Å². The Balaban J connectivity index is 1.29. The number of nitrogens with zero attached hydrogens (tertiary/aromatic N) is 1. The van der Waals surface area contributed by atoms with Crippen LogP contribution in [0.4, 0.5) is 5.69 Å². The van der Waals surface area contributed by atoms with Gasteiger partial charge in [-0.25, -0.2) is 4.79 Å². The summed E-state index contributed by atoms with van der Waals surface area (Å²) in [4.78, 5) is 50.9. The molecule has 0 atom stereocenters. The maximum Gasteiger partial charge on any atom is 0.337 e. The van der Waals surface area contributed by atoms with Crippen LogP contribution in [0.5, 0.6) is 0 Å². The van der Waals surface area contributed by atoms with Crippen LogP contribution in [0.3, 0.4) is 0 Å². The standard InChI is InChI=1S/C32H32ClN3O6/c1-41-32(40)25-8-9-26(20-34-21-30(38)42-17-14-29(37)23-10-12-27(33)13-11-23)28(18-25)35-19-22-4-6-24(7-5-22)31(39)36-15-2-3-16-36/h2-13,18,34-35H,14-17,19-21H2,1H3. The number of methoxy groups -OCH3 is 1. The summed E-state index contributed by atoms with van der Waals surface area (Å²) in [5.74, 6) is -1.10. The van der Waals surface area contributed by atoms with Crippen LogP contribution in [0, 0.1) is 0 Å². The molecule has 9 nitrogen and oxygen atoms in total. The first-order valence-corrected chi connectivity index (χ1v) is 13.9. The van der Waals surface area contributed by atoms with Gasteiger partial charge in [0.1, 0.15) is 0 Å². The maximum absolute atomic E-state index is 12.6. The van der Waals surface area contributed by atoms with Crippen molar-refractivity contribution >= 4 is 40.9 Å². The molecule has 1 amide bonds. The molecular formula is C32H32ClN3O6. The zero-order chi connectivity index (χ0) is 29.9. The Morgan fingerprint density at radius 3 is 2.21 bits per heavy atom. The molecular weight excluding hydrogens is 558 g/mol. The molecule has 0 aliphatic carbocycles. The largest absolute Gasteiger partial charge is 0.465 e. The molecule has 10 heteroatoms. The second-order valence-electron chi connectivity index (χ2n) is 9.60. The second-order valence-corrected chi connectivity index (χ2v) is 10.0. The number of esters is 2. The van der Waals surface area contributed by atoms with Crippen molar-refractivity contribution in [3.8, 4) is 0 Å². The summed E-state index contributed by atoms with van der Waals surface area (Å²) in [6.07, 6.45) is 4.02. The molecule has 1 aliphatic rings. The number of rotatable bonds is 13. The average Bonchev–Trinajstić information content (AvgIpc) is 3.55. The Morgan fingerprint density at radius 2 is 1.52 bits per heavy atom. The number of ketones is 1. The van der Waals surface area contributed by atoms with Gasteiger partial charge in [0.05, 0.1) is 25.8 Å². The molecule has 0 saturated heterocycles. The van der Waals surface area contributed by atoms with Gasteiger partial charge in [0.25, 0.3) is 5.91 Å². The van der Waals surface area contributed by atoms with Crippen LogP contribution in [0.15, 0.2) is 78.9 Å². The highest BCUT2D eigenvalue weighted by atomic mass is 35.5. The SMILES string of the molecule is COC(=O)c1ccc(CNCC(=O)OCCC(=O)c2ccc(Cl)cc2)c(NCc2ccc(C(=O)N3CC=CC3)cc2)c1. The van der Waals surface area contributed by atoms with Gasteiger partial charge in [-0.1, -0.05) is 42.0 Å². The molecule has 0 radical (unpaired) electrons. The van der Waals surface area contributed by atoms with E-state index >= 15 is 0 Å². The average molecular weight is 590 g/mol. The molecule has 0 bridgehead atoms. The lowest BCUT2D eigenvalue weighted by Crippen LogP contribution is -2.28. The van der Waals surface area contributed by atoms with Crippen LogP contribution in [0.2, 0.25) is 5.02 Å². The molecule has 0 saturated carbocycles. The molecule has 0 spiro atoms. The highest BCUT2D eigenvalue weighted by Gasteiger charge is 2.16. The summed E-state index contributed by atoms with van der Waals surface area (Å²) in [5.41, 5.74) is 3.98. The first-order chi connectivity index (χ1) is 20.3. The zero-order valence-electron chi connectivity index (χ0n) is 23.2. The Labute approximate surface area is 249 Å². The topological polar surface area (TPSA) is 114 Å². The third kappa shape index (κ3) is 8.52. The van der Waals surface area contributed by atoms with Gasteiger partial charge in [-0.15, -0.1) is 0 Å². The fourth-order valence-corrected chi connectivity index (χ4v) is 4.44. The van der Waals surface area contributed by atoms with Gasteiger partial charge in [0.15, 0.2) is 5.78 Å². The Kier molecular flexibility index (Phi) is 10.9. The molecule has 0 fully saturated rings. The number of nitrogens with one attached hydrogen (secondary N) is 2. The van der Waals surface area contributed by atoms with Crippen molar-refractivity contribution in [2.75, 3.05) is 38.7 Å². The Bertz CT molecular complexity index is 1450. The number of benzene rings is 3. The lowest BCUT2D eigenvalue weighted by molar-refractivity contribution is -0.142. The van der Waals surface area contributed by atoms with E-state index in [0.29, 0.717) is 53.6 Å². The minimum Gasteiger partial charge on any atom is -0.465 e. The predicted molar refractivity (Wildman–Crippen MR) is 160 cm³/mol. The molecule has 0 aromatic heterocycles. The first kappa shape index (κ1) is 30.5. The molecule has 3 aromatic carbocycles. The van der Waals surface area contributed by atoms with Gasteiger partial charge in [-0.3, -0.25) is 14.4 Å². The van der Waals surface area contributed by atoms with Gasteiger partial charge < -0.3 is 25.0 Å². The van der Waals surface area contributed by atoms with E-state index in [0.717, 1.165) is 11.1 Å². The van der Waals surface area contributed by atoms with E-state index in [1.165, 1.54) is 7.11 Å². The number of Topliss-reactive ketones (excluding diaryl/α,β-unsaturated/α-hetero) is 1. The number of amides is 1. The lowest BCUT2D eigenvalue weighted by Gasteiger charge is -2.16. The Morgan fingerprint density at radius 1 is 0.857 bits per heavy atom. The molecule has 4 rings (SSSR count). The van der Waals surface area contributed by atoms with E-state index in [1.54, 1.807) is 59.5 Å². The van der Waals surface area contributed by atoms with Gasteiger partial charge in [-0.05, 0) is 59.7 Å². The van der Waals surface area contributed by atoms with E-state index in [4.69, 9.17) is 21.1 Å². The van der Waals surface area contributed by atoms with Crippen molar-refractivity contribution < 1.29 is 28.7 Å². The van der Waals surface area contributed by atoms with Crippen molar-refractivity contribution in [3.63, 3.8) is 0 Å². The van der Waals surface area contributed by atoms with Crippen LogP contribution >= 0.6 is 11.6 Å². The number of halogens is 1. The number of anilines is 1. The van der Waals surface area contributed by atoms with Gasteiger partial charge in [-0.2, -0.15) is 0 Å². The minimum atomic E-state index is -0.487. The molecule has 3 aromatic rings. The van der Waals surface area contributed by atoms with E-state index in [-0.39, 0.29) is 31.3 Å². The molecule has 42 heavy (non-hydrogen) atoms. The number of carbonyl (C=O) groups is 4. The summed E-state index contributed by atoms with van der Waals surface area (Å²) >= 11 is 5.85. The van der Waals surface area contributed by atoms with Crippen LogP contribution in [-0.2, 0) is 27.4 Å². The predicted octanol–water partition coefficient (Wildman–Crippen LogP) is 4.66. The Hall–Kier alpha value is -4.47. The van der Waals surface area contributed by atoms with Crippen molar-refractivity contribution in [3.05, 3.63) is 112 Å². The summed E-state index contributed by atoms with van der Waals surface area (Å²) in [6, 6.07) is 19.1. The smallest absolute Gasteiger partial charge is 0.337 e. The molecule has 1 aliphatic heterocycles. The summed E-state index contributed by atoms with van der Waals surface area (Å²) in [5, 5.41) is 6.93. The van der Waals surface area contributed by atoms with Crippen LogP contribution in [0.25, 0.3) is 0 Å². The molecule has 1 heterocycles. The fraction of sp³-hybridized carbons (Fsp3) is 0.250. The molecule has 218 valence electrons. The maximum atomic E-state index is 12.6. The van der Waals surface area contributed by atoms with Gasteiger partial charge in [0, 0.05) is 54.4 Å². The van der Waals surface area contributed by atoms with E-state index < -0.39 is 11.9 Å². The monoisotopic (exact) mass is 589 g/mol. The second kappa shape index (κ2) is 15.0. The lowest BCUT2D eigenvalue weighted by atomic mass is 10.1. The van der Waals surface area contributed by atoms with Crippen molar-refractivity contribution in [1.82, 2.24) is 10.2 Å². The van der Waals surface area contributed by atoms with Crippen molar-refractivity contribution in [2.24, 2.45) is 0 Å². The zero-order valence-corrected chi connectivity index (χ0v) is 24.0. The van der Waals surface area contributed by atoms with Gasteiger partial charge in [0.2, 0.25) is 0 Å². The summed E-state index contributed by atoms with van der Waals surface area (Å²) in [6.45, 7) is 1.92. The quantitative estimate of drug-likeness (QED) is 0.168. The summed E-state index contributed by atoms with van der Waals surface area (Å²) in [7, 11) is 1.32. The summed E-state index contributed by atoms with van der Waals surface area (Å²) < 4.78 is 10.1. The molecule has 2 N–H and O–H groups in total. The normalized spacial score (nSPS) is 12.2. The van der Waals surface area contributed by atoms with E-state index in [9.17, 15) is 19.2 Å². The van der Waals surface area contributed by atoms with Crippen LogP contribution in [0.1, 0.15) is 48.6 Å². The molecule has 0 unspecified atom stereocenters. The van der Waals surface area contributed by atoms with Crippen molar-refractivity contribution in [2.45, 2.75) is 19.5 Å². The number of hydrogen-bond acceptors (Lipinski definition) is 8. The first-order valence-electron chi connectivity index (χ1n) is 13.5. The highest BCUT2D eigenvalue weighted by Crippen LogP contribution is 2.20. The van der Waals surface area contributed by atoms with Crippen molar-refractivity contribution in [1.29, 1.82) is 0 Å². The third-order valence-electron chi connectivity index (χ3n) is 6.66. The fourth-order valence-electron chi connectivity index (χ4n) is 4.32. The van der Waals surface area contributed by atoms with Crippen LogP contribution < -0.4 is 10.6 Å². The van der Waals surface area contributed by atoms with Gasteiger partial charge >= 0.3 is 11.9 Å². The number of carbonyl (C=O) groups excluding carboxylic acids is 4.